The van der Waals surface area contributed by atoms with Crippen LogP contribution in [0, 0.1) is 13.8 Å². The summed E-state index contributed by atoms with van der Waals surface area (Å²) >= 11 is 1.75. The number of aryl methyl sites for hydroxylation is 2. The van der Waals surface area contributed by atoms with E-state index in [0.717, 1.165) is 27.4 Å². The van der Waals surface area contributed by atoms with Crippen molar-refractivity contribution in [2.75, 3.05) is 12.8 Å². The Morgan fingerprint density at radius 3 is 2.48 bits per heavy atom. The lowest BCUT2D eigenvalue weighted by Gasteiger charge is -2.05. The number of nitrogens with one attached hydrogen (secondary N) is 1. The van der Waals surface area contributed by atoms with Crippen LogP contribution in [0.1, 0.15) is 10.4 Å². The second-order valence-corrected chi connectivity index (χ2v) is 6.19. The first-order valence-electron chi connectivity index (χ1n) is 6.66. The van der Waals surface area contributed by atoms with Crippen LogP contribution in [-0.4, -0.2) is 17.3 Å². The summed E-state index contributed by atoms with van der Waals surface area (Å²) in [6.07, 6.45) is 0. The molecule has 5 heteroatoms. The molecule has 0 saturated heterocycles. The number of nitrogens with zero attached hydrogens (tertiary/aromatic N) is 1. The molecule has 4 nitrogen and oxygen atoms in total. The van der Waals surface area contributed by atoms with Gasteiger partial charge in [-0.05, 0) is 43.2 Å². The van der Waals surface area contributed by atoms with E-state index in [2.05, 4.69) is 30.1 Å². The molecule has 0 aliphatic heterocycles. The molecule has 21 heavy (non-hydrogen) atoms. The number of thiophene rings is 1. The van der Waals surface area contributed by atoms with Crippen LogP contribution in [0.2, 0.25) is 0 Å². The van der Waals surface area contributed by atoms with Crippen molar-refractivity contribution in [2.24, 2.45) is 0 Å². The molecule has 3 N–H and O–H groups in total. The van der Waals surface area contributed by atoms with Crippen molar-refractivity contribution in [3.8, 4) is 27.4 Å². The number of anilines is 1. The van der Waals surface area contributed by atoms with Gasteiger partial charge in [0.1, 0.15) is 5.75 Å². The average molecular weight is 299 g/mol. The lowest BCUT2D eigenvalue weighted by molar-refractivity contribution is 0.415. The fourth-order valence-corrected chi connectivity index (χ4v) is 3.32. The Bertz CT molecular complexity index is 752. The first kappa shape index (κ1) is 13.7. The highest BCUT2D eigenvalue weighted by atomic mass is 32.1. The third kappa shape index (κ3) is 2.40. The molecule has 0 unspecified atom stereocenters. The van der Waals surface area contributed by atoms with Gasteiger partial charge in [-0.1, -0.05) is 12.1 Å². The maximum atomic E-state index is 6.06. The van der Waals surface area contributed by atoms with Crippen LogP contribution in [0.5, 0.6) is 5.75 Å². The van der Waals surface area contributed by atoms with E-state index in [9.17, 15) is 0 Å². The second kappa shape index (κ2) is 5.26. The van der Waals surface area contributed by atoms with Crippen LogP contribution in [0.15, 0.2) is 30.3 Å². The zero-order valence-electron chi connectivity index (χ0n) is 12.2. The average Bonchev–Trinajstić information content (AvgIpc) is 3.02. The van der Waals surface area contributed by atoms with Crippen molar-refractivity contribution in [3.63, 3.8) is 0 Å². The largest absolute Gasteiger partial charge is 0.497 e. The summed E-state index contributed by atoms with van der Waals surface area (Å²) in [5.74, 6) is 1.34. The molecular formula is C16H17N3OS. The zero-order chi connectivity index (χ0) is 15.0. The molecule has 0 amide bonds. The highest BCUT2D eigenvalue weighted by molar-refractivity contribution is 7.15. The quantitative estimate of drug-likeness (QED) is 0.768. The predicted octanol–water partition coefficient (Wildman–Crippen LogP) is 4.01. The van der Waals surface area contributed by atoms with E-state index in [4.69, 9.17) is 10.5 Å². The number of ether oxygens (including phenoxy) is 1. The number of nitrogen functional groups attached to an aromatic ring is 1. The molecule has 0 aliphatic rings. The van der Waals surface area contributed by atoms with Crippen molar-refractivity contribution in [1.82, 2.24) is 10.2 Å². The Hall–Kier alpha value is -2.27. The summed E-state index contributed by atoms with van der Waals surface area (Å²) in [6, 6.07) is 10.0. The summed E-state index contributed by atoms with van der Waals surface area (Å²) in [5, 5.41) is 7.24. The van der Waals surface area contributed by atoms with E-state index in [1.807, 2.05) is 24.3 Å². The lowest BCUT2D eigenvalue weighted by Crippen LogP contribution is -1.89. The van der Waals surface area contributed by atoms with Gasteiger partial charge in [0.05, 0.1) is 23.2 Å². The van der Waals surface area contributed by atoms with E-state index in [0.29, 0.717) is 5.82 Å². The number of nitrogens with two attached hydrogens (primary N) is 1. The summed E-state index contributed by atoms with van der Waals surface area (Å²) in [7, 11) is 1.66. The molecule has 2 heterocycles. The first-order chi connectivity index (χ1) is 10.1. The molecule has 0 atom stereocenters. The minimum atomic E-state index is 0.513. The summed E-state index contributed by atoms with van der Waals surface area (Å²) < 4.78 is 5.20. The predicted molar refractivity (Wildman–Crippen MR) is 87.8 cm³/mol. The zero-order valence-corrected chi connectivity index (χ0v) is 13.0. The molecule has 0 aliphatic carbocycles. The Labute approximate surface area is 127 Å². The van der Waals surface area contributed by atoms with Gasteiger partial charge >= 0.3 is 0 Å². The van der Waals surface area contributed by atoms with Crippen LogP contribution < -0.4 is 10.5 Å². The van der Waals surface area contributed by atoms with Gasteiger partial charge in [0.2, 0.25) is 0 Å². The second-order valence-electron chi connectivity index (χ2n) is 4.94. The maximum Gasteiger partial charge on any atom is 0.153 e. The van der Waals surface area contributed by atoms with Gasteiger partial charge in [-0.25, -0.2) is 0 Å². The number of H-pyrrole nitrogens is 1. The van der Waals surface area contributed by atoms with Crippen LogP contribution >= 0.6 is 11.3 Å². The van der Waals surface area contributed by atoms with Crippen LogP contribution in [0.3, 0.4) is 0 Å². The van der Waals surface area contributed by atoms with Crippen LogP contribution in [0.25, 0.3) is 21.7 Å². The van der Waals surface area contributed by atoms with Gasteiger partial charge in [0.15, 0.2) is 5.82 Å². The number of aromatic nitrogens is 2. The van der Waals surface area contributed by atoms with E-state index in [-0.39, 0.29) is 0 Å². The van der Waals surface area contributed by atoms with Crippen molar-refractivity contribution in [1.29, 1.82) is 0 Å². The Kier molecular flexibility index (Phi) is 3.43. The highest BCUT2D eigenvalue weighted by Gasteiger charge is 2.16. The molecule has 3 rings (SSSR count). The minimum Gasteiger partial charge on any atom is -0.497 e. The molecule has 0 saturated carbocycles. The molecule has 0 radical (unpaired) electrons. The molecule has 2 aromatic heterocycles. The number of methoxy groups -OCH3 is 1. The van der Waals surface area contributed by atoms with E-state index in [1.165, 1.54) is 10.4 Å². The third-order valence-electron chi connectivity index (χ3n) is 3.59. The van der Waals surface area contributed by atoms with Gasteiger partial charge in [-0.3, -0.25) is 5.10 Å². The number of benzene rings is 1. The van der Waals surface area contributed by atoms with Crippen molar-refractivity contribution in [3.05, 3.63) is 40.8 Å². The molecule has 0 fully saturated rings. The fourth-order valence-electron chi connectivity index (χ4n) is 2.28. The number of aromatic amines is 1. The molecule has 1 aromatic carbocycles. The molecule has 0 spiro atoms. The first-order valence-corrected chi connectivity index (χ1v) is 7.47. The number of hydrogen-bond acceptors (Lipinski definition) is 4. The van der Waals surface area contributed by atoms with E-state index < -0.39 is 0 Å². The van der Waals surface area contributed by atoms with Crippen molar-refractivity contribution in [2.45, 2.75) is 13.8 Å². The monoisotopic (exact) mass is 299 g/mol. The molecule has 108 valence electrons. The Morgan fingerprint density at radius 2 is 1.90 bits per heavy atom. The van der Waals surface area contributed by atoms with Crippen molar-refractivity contribution < 1.29 is 4.74 Å². The summed E-state index contributed by atoms with van der Waals surface area (Å²) in [4.78, 5) is 2.46. The molecular weight excluding hydrogens is 282 g/mol. The summed E-state index contributed by atoms with van der Waals surface area (Å²) in [6.45, 7) is 4.23. The SMILES string of the molecule is COc1ccc(-c2c(N)n[nH]c2-c2cc(C)c(C)s2)cc1. The highest BCUT2D eigenvalue weighted by Crippen LogP contribution is 2.39. The van der Waals surface area contributed by atoms with Crippen molar-refractivity contribution >= 4 is 17.2 Å². The normalized spacial score (nSPS) is 10.8. The van der Waals surface area contributed by atoms with Gasteiger partial charge in [-0.15, -0.1) is 11.3 Å². The van der Waals surface area contributed by atoms with Gasteiger partial charge in [0.25, 0.3) is 0 Å². The topological polar surface area (TPSA) is 63.9 Å². The minimum absolute atomic E-state index is 0.513. The van der Waals surface area contributed by atoms with E-state index in [1.54, 1.807) is 18.4 Å². The van der Waals surface area contributed by atoms with Crippen LogP contribution in [0.4, 0.5) is 5.82 Å². The Morgan fingerprint density at radius 1 is 1.19 bits per heavy atom. The smallest absolute Gasteiger partial charge is 0.153 e. The van der Waals surface area contributed by atoms with Gasteiger partial charge in [-0.2, -0.15) is 5.10 Å². The van der Waals surface area contributed by atoms with E-state index >= 15 is 0 Å². The fraction of sp³-hybridized carbons (Fsp3) is 0.188. The van der Waals surface area contributed by atoms with Crippen LogP contribution in [-0.2, 0) is 0 Å². The van der Waals surface area contributed by atoms with Gasteiger partial charge < -0.3 is 10.5 Å². The number of hydrogen-bond donors (Lipinski definition) is 2. The standard InChI is InChI=1S/C16H17N3OS/c1-9-8-13(21-10(9)2)15-14(16(17)19-18-15)11-4-6-12(20-3)7-5-11/h4-8H,1-3H3,(H3,17,18,19). The summed E-state index contributed by atoms with van der Waals surface area (Å²) in [5.41, 5.74) is 10.3. The maximum absolute atomic E-state index is 6.06. The Balaban J connectivity index is 2.11. The molecule has 0 bridgehead atoms. The van der Waals surface area contributed by atoms with Gasteiger partial charge in [0, 0.05) is 4.88 Å². The third-order valence-corrected chi connectivity index (χ3v) is 4.76. The number of rotatable bonds is 3. The molecule has 3 aromatic rings. The lowest BCUT2D eigenvalue weighted by atomic mass is 10.0.